The molecular weight excluding hydrogens is 216 g/mol. The first-order chi connectivity index (χ1) is 7.51. The van der Waals surface area contributed by atoms with Crippen LogP contribution in [0.1, 0.15) is 45.2 Å². The number of aldehydes is 1. The second kappa shape index (κ2) is 4.62. The van der Waals surface area contributed by atoms with E-state index < -0.39 is 17.8 Å². The molecular formula is C11H7F2NO2. The lowest BCUT2D eigenvalue weighted by molar-refractivity contribution is 0.100. The molecule has 0 N–H and O–H groups in total. The number of benzene rings is 1. The average Bonchev–Trinajstić information content (AvgIpc) is 2.26. The van der Waals surface area contributed by atoms with Crippen LogP contribution < -0.4 is 0 Å². The van der Waals surface area contributed by atoms with Crippen LogP contribution in [0.25, 0.3) is 0 Å². The van der Waals surface area contributed by atoms with Gasteiger partial charge in [-0.25, -0.2) is 8.78 Å². The highest BCUT2D eigenvalue weighted by atomic mass is 19.3. The molecule has 1 rings (SSSR count). The molecule has 5 heteroatoms. The van der Waals surface area contributed by atoms with Crippen molar-refractivity contribution >= 4 is 12.1 Å². The number of hydrogen-bond donors (Lipinski definition) is 0. The Balaban J connectivity index is 3.54. The Morgan fingerprint density at radius 1 is 1.50 bits per heavy atom. The van der Waals surface area contributed by atoms with E-state index in [-0.39, 0.29) is 16.7 Å². The summed E-state index contributed by atoms with van der Waals surface area (Å²) >= 11 is 0. The highest BCUT2D eigenvalue weighted by Gasteiger charge is 2.18. The van der Waals surface area contributed by atoms with E-state index in [9.17, 15) is 18.4 Å². The van der Waals surface area contributed by atoms with Crippen molar-refractivity contribution in [3.63, 3.8) is 0 Å². The normalized spacial score (nSPS) is 9.94. The van der Waals surface area contributed by atoms with E-state index in [1.165, 1.54) is 6.92 Å². The molecule has 82 valence electrons. The SMILES string of the molecule is CC(=O)c1cc(C#N)c(C(F)F)cc1C=O. The molecule has 0 bridgehead atoms. The number of alkyl halides is 2. The molecule has 0 atom stereocenters. The summed E-state index contributed by atoms with van der Waals surface area (Å²) in [6.07, 6.45) is -2.53. The van der Waals surface area contributed by atoms with Crippen molar-refractivity contribution in [2.24, 2.45) is 0 Å². The number of nitriles is 1. The van der Waals surface area contributed by atoms with Crippen LogP contribution in [-0.2, 0) is 0 Å². The van der Waals surface area contributed by atoms with Gasteiger partial charge in [-0.05, 0) is 19.1 Å². The van der Waals surface area contributed by atoms with Crippen LogP contribution in [0.5, 0.6) is 0 Å². The summed E-state index contributed by atoms with van der Waals surface area (Å²) in [6, 6.07) is 3.48. The summed E-state index contributed by atoms with van der Waals surface area (Å²) in [7, 11) is 0. The molecule has 0 fully saturated rings. The summed E-state index contributed by atoms with van der Waals surface area (Å²) < 4.78 is 25.0. The lowest BCUT2D eigenvalue weighted by Gasteiger charge is -2.07. The van der Waals surface area contributed by atoms with E-state index in [1.54, 1.807) is 6.07 Å². The molecule has 0 radical (unpaired) electrons. The predicted molar refractivity (Wildman–Crippen MR) is 51.5 cm³/mol. The maximum absolute atomic E-state index is 12.5. The molecule has 0 aliphatic rings. The molecule has 0 aliphatic heterocycles. The topological polar surface area (TPSA) is 57.9 Å². The number of Topliss-reactive ketones (excluding diaryl/α,β-unsaturated/α-hetero) is 1. The number of hydrogen-bond acceptors (Lipinski definition) is 3. The van der Waals surface area contributed by atoms with Gasteiger partial charge in [-0.3, -0.25) is 9.59 Å². The Morgan fingerprint density at radius 2 is 2.12 bits per heavy atom. The van der Waals surface area contributed by atoms with Crippen LogP contribution in [0, 0.1) is 11.3 Å². The van der Waals surface area contributed by atoms with Gasteiger partial charge in [0.2, 0.25) is 0 Å². The number of carbonyl (C=O) groups excluding carboxylic acids is 2. The van der Waals surface area contributed by atoms with Crippen molar-refractivity contribution in [1.82, 2.24) is 0 Å². The van der Waals surface area contributed by atoms with Gasteiger partial charge in [-0.1, -0.05) is 0 Å². The fourth-order valence-electron chi connectivity index (χ4n) is 1.31. The summed E-state index contributed by atoms with van der Waals surface area (Å²) in [6.45, 7) is 1.20. The quantitative estimate of drug-likeness (QED) is 0.584. The van der Waals surface area contributed by atoms with Crippen LogP contribution in [0.15, 0.2) is 12.1 Å². The zero-order chi connectivity index (χ0) is 12.3. The van der Waals surface area contributed by atoms with Crippen molar-refractivity contribution in [3.8, 4) is 6.07 Å². The third-order valence-corrected chi connectivity index (χ3v) is 2.08. The zero-order valence-corrected chi connectivity index (χ0v) is 8.33. The first kappa shape index (κ1) is 12.0. The van der Waals surface area contributed by atoms with E-state index in [2.05, 4.69) is 0 Å². The Labute approximate surface area is 90.3 Å². The Hall–Kier alpha value is -2.09. The molecule has 0 aliphatic carbocycles. The molecule has 0 unspecified atom stereocenters. The van der Waals surface area contributed by atoms with Crippen molar-refractivity contribution in [2.75, 3.05) is 0 Å². The van der Waals surface area contributed by atoms with E-state index in [1.807, 2.05) is 0 Å². The van der Waals surface area contributed by atoms with Crippen LogP contribution in [-0.4, -0.2) is 12.1 Å². The molecule has 1 aromatic carbocycles. The molecule has 3 nitrogen and oxygen atoms in total. The highest BCUT2D eigenvalue weighted by Crippen LogP contribution is 2.25. The van der Waals surface area contributed by atoms with Crippen molar-refractivity contribution in [3.05, 3.63) is 34.4 Å². The Bertz CT molecular complexity index is 489. The van der Waals surface area contributed by atoms with Gasteiger partial charge in [0.15, 0.2) is 12.1 Å². The van der Waals surface area contributed by atoms with E-state index in [0.717, 1.165) is 12.1 Å². The first-order valence-corrected chi connectivity index (χ1v) is 4.33. The number of nitrogens with zero attached hydrogens (tertiary/aromatic N) is 1. The predicted octanol–water partition coefficient (Wildman–Crippen LogP) is 2.51. The zero-order valence-electron chi connectivity index (χ0n) is 8.33. The molecule has 1 aromatic rings. The summed E-state index contributed by atoms with van der Waals surface area (Å²) in [5, 5.41) is 8.65. The van der Waals surface area contributed by atoms with Crippen LogP contribution in [0.2, 0.25) is 0 Å². The smallest absolute Gasteiger partial charge is 0.265 e. The lowest BCUT2D eigenvalue weighted by atomic mass is 9.97. The van der Waals surface area contributed by atoms with Gasteiger partial charge in [-0.15, -0.1) is 0 Å². The Morgan fingerprint density at radius 3 is 2.50 bits per heavy atom. The minimum absolute atomic E-state index is 0.0176. The molecule has 0 spiro atoms. The Kier molecular flexibility index (Phi) is 3.46. The third kappa shape index (κ3) is 2.11. The molecule has 16 heavy (non-hydrogen) atoms. The summed E-state index contributed by atoms with van der Waals surface area (Å²) in [5.74, 6) is -0.445. The molecule has 0 saturated carbocycles. The number of carbonyl (C=O) groups is 2. The second-order valence-corrected chi connectivity index (χ2v) is 3.11. The first-order valence-electron chi connectivity index (χ1n) is 4.33. The monoisotopic (exact) mass is 223 g/mol. The fraction of sp³-hybridized carbons (Fsp3) is 0.182. The maximum atomic E-state index is 12.5. The third-order valence-electron chi connectivity index (χ3n) is 2.08. The van der Waals surface area contributed by atoms with Gasteiger partial charge in [0.1, 0.15) is 0 Å². The van der Waals surface area contributed by atoms with E-state index in [0.29, 0.717) is 6.29 Å². The molecule has 0 saturated heterocycles. The van der Waals surface area contributed by atoms with Crippen molar-refractivity contribution in [2.45, 2.75) is 13.3 Å². The van der Waals surface area contributed by atoms with Gasteiger partial charge < -0.3 is 0 Å². The highest BCUT2D eigenvalue weighted by molar-refractivity contribution is 6.01. The number of ketones is 1. The van der Waals surface area contributed by atoms with Crippen LogP contribution >= 0.6 is 0 Å². The van der Waals surface area contributed by atoms with Gasteiger partial charge in [0.25, 0.3) is 6.43 Å². The number of halogens is 2. The summed E-state index contributed by atoms with van der Waals surface area (Å²) in [5.41, 5.74) is -0.960. The molecule has 0 aromatic heterocycles. The van der Waals surface area contributed by atoms with E-state index in [4.69, 9.17) is 5.26 Å². The minimum Gasteiger partial charge on any atom is -0.298 e. The minimum atomic E-state index is -2.85. The second-order valence-electron chi connectivity index (χ2n) is 3.11. The standard InChI is InChI=1S/C11H7F2NO2/c1-6(16)9-2-7(4-14)10(11(12)13)3-8(9)5-15/h2-3,5,11H,1H3. The largest absolute Gasteiger partial charge is 0.298 e. The van der Waals surface area contributed by atoms with Gasteiger partial charge in [0, 0.05) is 16.7 Å². The van der Waals surface area contributed by atoms with Gasteiger partial charge >= 0.3 is 0 Å². The van der Waals surface area contributed by atoms with Crippen LogP contribution in [0.4, 0.5) is 8.78 Å². The number of rotatable bonds is 3. The maximum Gasteiger partial charge on any atom is 0.265 e. The fourth-order valence-corrected chi connectivity index (χ4v) is 1.31. The lowest BCUT2D eigenvalue weighted by Crippen LogP contribution is -2.03. The van der Waals surface area contributed by atoms with Crippen LogP contribution in [0.3, 0.4) is 0 Å². The molecule has 0 amide bonds. The van der Waals surface area contributed by atoms with Gasteiger partial charge in [-0.2, -0.15) is 5.26 Å². The van der Waals surface area contributed by atoms with Gasteiger partial charge in [0.05, 0.1) is 11.6 Å². The van der Waals surface area contributed by atoms with Crippen molar-refractivity contribution in [1.29, 1.82) is 5.26 Å². The van der Waals surface area contributed by atoms with E-state index >= 15 is 0 Å². The summed E-state index contributed by atoms with van der Waals surface area (Å²) in [4.78, 5) is 21.7. The molecule has 0 heterocycles. The van der Waals surface area contributed by atoms with Crippen molar-refractivity contribution < 1.29 is 18.4 Å². The average molecular weight is 223 g/mol.